The molecule has 3 heterocycles. The largest absolute Gasteiger partial charge is 0.376 e. The molecular weight excluding hydrogens is 507 g/mol. The summed E-state index contributed by atoms with van der Waals surface area (Å²) in [5.74, 6) is 1.89. The quantitative estimate of drug-likeness (QED) is 0.278. The van der Waals surface area contributed by atoms with E-state index >= 15 is 0 Å². The Morgan fingerprint density at radius 1 is 0.972 bits per heavy atom. The van der Waals surface area contributed by atoms with E-state index in [4.69, 9.17) is 27.9 Å². The van der Waals surface area contributed by atoms with Crippen LogP contribution in [0.15, 0.2) is 59.3 Å². The van der Waals surface area contributed by atoms with Crippen LogP contribution in [-0.2, 0) is 17.9 Å². The van der Waals surface area contributed by atoms with Crippen molar-refractivity contribution >= 4 is 34.5 Å². The van der Waals surface area contributed by atoms with Crippen molar-refractivity contribution in [2.24, 2.45) is 11.8 Å². The molecule has 5 rings (SSSR count). The number of piperidine rings is 1. The van der Waals surface area contributed by atoms with Gasteiger partial charge in [-0.15, -0.1) is 0 Å². The Morgan fingerprint density at radius 2 is 1.78 bits per heavy atom. The molecule has 2 aliphatic rings. The van der Waals surface area contributed by atoms with Gasteiger partial charge in [0.2, 0.25) is 0 Å². The molecule has 0 radical (unpaired) electrons. The number of rotatable bonds is 9. The summed E-state index contributed by atoms with van der Waals surface area (Å²) in [6, 6.07) is 16.9. The third kappa shape index (κ3) is 6.92. The highest BCUT2D eigenvalue weighted by Gasteiger charge is 2.36. The van der Waals surface area contributed by atoms with E-state index in [1.54, 1.807) is 0 Å². The summed E-state index contributed by atoms with van der Waals surface area (Å²) in [4.78, 5) is 5.27. The van der Waals surface area contributed by atoms with Gasteiger partial charge >= 0.3 is 0 Å². The van der Waals surface area contributed by atoms with Crippen molar-refractivity contribution < 1.29 is 4.74 Å². The first-order valence-electron chi connectivity index (χ1n) is 13.1. The zero-order valence-corrected chi connectivity index (χ0v) is 23.4. The molecule has 0 aliphatic carbocycles. The molecule has 2 atom stereocenters. The second kappa shape index (κ2) is 12.4. The molecule has 0 N–H and O–H groups in total. The topological polar surface area (TPSA) is 15.7 Å². The maximum absolute atomic E-state index is 6.50. The van der Waals surface area contributed by atoms with Crippen LogP contribution >= 0.6 is 34.5 Å². The Hall–Kier alpha value is -1.40. The van der Waals surface area contributed by atoms with Gasteiger partial charge in [-0.05, 0) is 90.3 Å². The fourth-order valence-electron chi connectivity index (χ4n) is 5.72. The number of hydrogen-bond donors (Lipinski definition) is 0. The number of nitrogens with zero attached hydrogens (tertiary/aromatic N) is 2. The van der Waals surface area contributed by atoms with Crippen molar-refractivity contribution in [3.05, 3.63) is 91.6 Å². The molecule has 6 heteroatoms. The van der Waals surface area contributed by atoms with Crippen LogP contribution in [0.25, 0.3) is 0 Å². The second-order valence-electron chi connectivity index (χ2n) is 10.6. The van der Waals surface area contributed by atoms with Crippen molar-refractivity contribution in [2.75, 3.05) is 39.3 Å². The predicted octanol–water partition coefficient (Wildman–Crippen LogP) is 7.51. The van der Waals surface area contributed by atoms with Crippen LogP contribution in [0.2, 0.25) is 10.0 Å². The zero-order valence-electron chi connectivity index (χ0n) is 21.0. The van der Waals surface area contributed by atoms with E-state index in [9.17, 15) is 0 Å². The summed E-state index contributed by atoms with van der Waals surface area (Å²) in [6.45, 7) is 10.3. The van der Waals surface area contributed by atoms with Gasteiger partial charge in [-0.2, -0.15) is 11.3 Å². The third-order valence-electron chi connectivity index (χ3n) is 7.84. The molecule has 3 nitrogen and oxygen atoms in total. The lowest BCUT2D eigenvalue weighted by molar-refractivity contribution is 0.0542. The summed E-state index contributed by atoms with van der Waals surface area (Å²) < 4.78 is 6.08. The van der Waals surface area contributed by atoms with Crippen molar-refractivity contribution in [3.63, 3.8) is 0 Å². The predicted molar refractivity (Wildman–Crippen MR) is 152 cm³/mol. The van der Waals surface area contributed by atoms with Gasteiger partial charge in [0.1, 0.15) is 0 Å². The highest BCUT2D eigenvalue weighted by atomic mass is 35.5. The van der Waals surface area contributed by atoms with Crippen LogP contribution in [0, 0.1) is 18.8 Å². The lowest BCUT2D eigenvalue weighted by Gasteiger charge is -2.34. The number of benzene rings is 2. The first kappa shape index (κ1) is 26.2. The Labute approximate surface area is 230 Å². The molecule has 2 aliphatic heterocycles. The standard InChI is InChI=1S/C30H36Cl2N2OS/c1-22-2-4-23(5-3-22)19-35-20-24-8-11-33(12-9-24)16-27-17-34(18-29(27)26-10-13-36-21-26)15-25-6-7-28(31)14-30(25)32/h2-7,10,13-14,21,24,27,29H,8-9,11-12,15-20H2,1H3/t27-,29+/m0/s1. The molecule has 2 fully saturated rings. The van der Waals surface area contributed by atoms with Gasteiger partial charge in [-0.1, -0.05) is 59.1 Å². The van der Waals surface area contributed by atoms with E-state index in [0.29, 0.717) is 22.8 Å². The number of halogens is 2. The highest BCUT2D eigenvalue weighted by Crippen LogP contribution is 2.36. The Morgan fingerprint density at radius 3 is 2.50 bits per heavy atom. The minimum Gasteiger partial charge on any atom is -0.376 e. The van der Waals surface area contributed by atoms with Gasteiger partial charge in [0.25, 0.3) is 0 Å². The summed E-state index contributed by atoms with van der Waals surface area (Å²) in [7, 11) is 0. The molecule has 1 aromatic heterocycles. The van der Waals surface area contributed by atoms with Gasteiger partial charge < -0.3 is 9.64 Å². The maximum Gasteiger partial charge on any atom is 0.0717 e. The molecule has 2 saturated heterocycles. The molecule has 0 amide bonds. The van der Waals surface area contributed by atoms with E-state index in [2.05, 4.69) is 63.9 Å². The van der Waals surface area contributed by atoms with Gasteiger partial charge in [-0.3, -0.25) is 4.90 Å². The first-order chi connectivity index (χ1) is 17.5. The van der Waals surface area contributed by atoms with Crippen LogP contribution in [0.1, 0.15) is 41.0 Å². The average molecular weight is 544 g/mol. The van der Waals surface area contributed by atoms with Gasteiger partial charge in [-0.25, -0.2) is 0 Å². The van der Waals surface area contributed by atoms with E-state index in [1.807, 2.05) is 23.5 Å². The first-order valence-corrected chi connectivity index (χ1v) is 14.8. The number of hydrogen-bond acceptors (Lipinski definition) is 4. The van der Waals surface area contributed by atoms with Gasteiger partial charge in [0, 0.05) is 48.7 Å². The van der Waals surface area contributed by atoms with E-state index < -0.39 is 0 Å². The number of ether oxygens (including phenoxy) is 1. The average Bonchev–Trinajstić information content (AvgIpc) is 3.53. The normalized spacial score (nSPS) is 21.9. The Bertz CT molecular complexity index is 1100. The van der Waals surface area contributed by atoms with E-state index in [-0.39, 0.29) is 0 Å². The summed E-state index contributed by atoms with van der Waals surface area (Å²) in [6.07, 6.45) is 2.46. The molecule has 0 unspecified atom stereocenters. The Balaban J connectivity index is 1.12. The van der Waals surface area contributed by atoms with Crippen molar-refractivity contribution in [1.29, 1.82) is 0 Å². The second-order valence-corrected chi connectivity index (χ2v) is 12.2. The van der Waals surface area contributed by atoms with E-state index in [1.165, 1.54) is 49.2 Å². The summed E-state index contributed by atoms with van der Waals surface area (Å²) in [5, 5.41) is 6.02. The zero-order chi connectivity index (χ0) is 24.9. The molecule has 0 spiro atoms. The Kier molecular flexibility index (Phi) is 9.05. The van der Waals surface area contributed by atoms with Crippen molar-refractivity contribution in [3.8, 4) is 0 Å². The SMILES string of the molecule is Cc1ccc(COCC2CCN(C[C@H]3CN(Cc4ccc(Cl)cc4Cl)C[C@@H]3c3ccsc3)CC2)cc1. The number of likely N-dealkylation sites (tertiary alicyclic amines) is 2. The molecule has 2 aromatic carbocycles. The molecule has 192 valence electrons. The maximum atomic E-state index is 6.50. The smallest absolute Gasteiger partial charge is 0.0717 e. The molecule has 0 saturated carbocycles. The van der Waals surface area contributed by atoms with Crippen LogP contribution in [0.4, 0.5) is 0 Å². The summed E-state index contributed by atoms with van der Waals surface area (Å²) in [5.41, 5.74) is 5.22. The fourth-order valence-corrected chi connectivity index (χ4v) is 6.92. The minimum absolute atomic E-state index is 0.581. The highest BCUT2D eigenvalue weighted by molar-refractivity contribution is 7.08. The molecular formula is C30H36Cl2N2OS. The van der Waals surface area contributed by atoms with Crippen LogP contribution in [0.3, 0.4) is 0 Å². The summed E-state index contributed by atoms with van der Waals surface area (Å²) >= 11 is 14.4. The van der Waals surface area contributed by atoms with Crippen LogP contribution in [0.5, 0.6) is 0 Å². The van der Waals surface area contributed by atoms with Crippen molar-refractivity contribution in [2.45, 2.75) is 38.8 Å². The lowest BCUT2D eigenvalue weighted by atomic mass is 9.89. The lowest BCUT2D eigenvalue weighted by Crippen LogP contribution is -2.39. The molecule has 3 aromatic rings. The van der Waals surface area contributed by atoms with Gasteiger partial charge in [0.05, 0.1) is 6.61 Å². The number of aryl methyl sites for hydroxylation is 1. The molecule has 0 bridgehead atoms. The minimum atomic E-state index is 0.581. The molecule has 36 heavy (non-hydrogen) atoms. The van der Waals surface area contributed by atoms with Crippen LogP contribution < -0.4 is 0 Å². The number of thiophene rings is 1. The van der Waals surface area contributed by atoms with Gasteiger partial charge in [0.15, 0.2) is 0 Å². The monoisotopic (exact) mass is 542 g/mol. The van der Waals surface area contributed by atoms with E-state index in [0.717, 1.165) is 43.4 Å². The van der Waals surface area contributed by atoms with Crippen LogP contribution in [-0.4, -0.2) is 49.1 Å². The third-order valence-corrected chi connectivity index (χ3v) is 9.13. The van der Waals surface area contributed by atoms with Crippen molar-refractivity contribution in [1.82, 2.24) is 9.80 Å². The fraction of sp³-hybridized carbons (Fsp3) is 0.467.